The molecule has 6 heteroatoms. The summed E-state index contributed by atoms with van der Waals surface area (Å²) < 4.78 is 18.1. The lowest BCUT2D eigenvalue weighted by Gasteiger charge is -2.05. The summed E-state index contributed by atoms with van der Waals surface area (Å²) in [4.78, 5) is 22.7. The first-order valence-corrected chi connectivity index (χ1v) is 5.00. The molecule has 0 radical (unpaired) electrons. The van der Waals surface area contributed by atoms with Crippen LogP contribution in [0.3, 0.4) is 0 Å². The normalized spacial score (nSPS) is 9.53. The van der Waals surface area contributed by atoms with Gasteiger partial charge in [0.25, 0.3) is 5.78 Å². The van der Waals surface area contributed by atoms with E-state index in [4.69, 9.17) is 16.9 Å². The molecule has 0 saturated carbocycles. The monoisotopic (exact) mass is 255 g/mol. The van der Waals surface area contributed by atoms with Crippen LogP contribution in [0.15, 0.2) is 12.1 Å². The fraction of sp³-hybridized carbons (Fsp3) is 0.182. The molecule has 1 aromatic carbocycles. The number of rotatable bonds is 3. The number of hydrogen-bond acceptors (Lipinski definition) is 4. The van der Waals surface area contributed by atoms with E-state index in [2.05, 4.69) is 4.74 Å². The molecule has 0 aliphatic heterocycles. The molecule has 0 saturated heterocycles. The maximum atomic E-state index is 13.6. The Morgan fingerprint density at radius 2 is 2.18 bits per heavy atom. The number of nitriles is 1. The van der Waals surface area contributed by atoms with Crippen LogP contribution in [-0.2, 0) is 9.53 Å². The SMILES string of the molecule is CCOC(=O)C(=O)c1c(Cl)ccc(C#N)c1F. The van der Waals surface area contributed by atoms with Crippen LogP contribution in [0, 0.1) is 17.1 Å². The molecule has 0 N–H and O–H groups in total. The Hall–Kier alpha value is -1.93. The van der Waals surface area contributed by atoms with Crippen molar-refractivity contribution < 1.29 is 18.7 Å². The van der Waals surface area contributed by atoms with Crippen LogP contribution < -0.4 is 0 Å². The van der Waals surface area contributed by atoms with Gasteiger partial charge in [-0.15, -0.1) is 0 Å². The second-order valence-electron chi connectivity index (χ2n) is 2.95. The Morgan fingerprint density at radius 1 is 1.53 bits per heavy atom. The lowest BCUT2D eigenvalue weighted by Crippen LogP contribution is -2.19. The van der Waals surface area contributed by atoms with E-state index in [-0.39, 0.29) is 17.2 Å². The average molecular weight is 256 g/mol. The summed E-state index contributed by atoms with van der Waals surface area (Å²) >= 11 is 5.62. The lowest BCUT2D eigenvalue weighted by atomic mass is 10.1. The minimum absolute atomic E-state index is 0.0122. The number of halogens is 2. The van der Waals surface area contributed by atoms with Crippen molar-refractivity contribution in [3.8, 4) is 6.07 Å². The maximum Gasteiger partial charge on any atom is 0.379 e. The van der Waals surface area contributed by atoms with Crippen molar-refractivity contribution in [2.24, 2.45) is 0 Å². The number of carbonyl (C=O) groups excluding carboxylic acids is 2. The minimum atomic E-state index is -1.21. The smallest absolute Gasteiger partial charge is 0.379 e. The third-order valence-electron chi connectivity index (χ3n) is 1.90. The molecule has 0 amide bonds. The minimum Gasteiger partial charge on any atom is -0.460 e. The highest BCUT2D eigenvalue weighted by Crippen LogP contribution is 2.22. The summed E-state index contributed by atoms with van der Waals surface area (Å²) in [5.74, 6) is -3.52. The van der Waals surface area contributed by atoms with E-state index in [0.717, 1.165) is 6.07 Å². The van der Waals surface area contributed by atoms with Gasteiger partial charge in [-0.3, -0.25) is 4.79 Å². The van der Waals surface area contributed by atoms with Crippen molar-refractivity contribution >= 4 is 23.4 Å². The van der Waals surface area contributed by atoms with Crippen molar-refractivity contribution in [1.29, 1.82) is 5.26 Å². The number of nitrogens with zero attached hydrogens (tertiary/aromatic N) is 1. The van der Waals surface area contributed by atoms with E-state index in [1.54, 1.807) is 6.07 Å². The fourth-order valence-corrected chi connectivity index (χ4v) is 1.38. The molecule has 0 aromatic heterocycles. The Balaban J connectivity index is 3.27. The molecule has 17 heavy (non-hydrogen) atoms. The average Bonchev–Trinajstić information content (AvgIpc) is 2.29. The Kier molecular flexibility index (Phi) is 4.18. The highest BCUT2D eigenvalue weighted by atomic mass is 35.5. The molecule has 0 spiro atoms. The predicted molar refractivity (Wildman–Crippen MR) is 57.1 cm³/mol. The van der Waals surface area contributed by atoms with Crippen molar-refractivity contribution in [2.75, 3.05) is 6.61 Å². The number of Topliss-reactive ketones (excluding diaryl/α,β-unsaturated/α-hetero) is 1. The molecule has 0 heterocycles. The summed E-state index contributed by atoms with van der Waals surface area (Å²) in [7, 11) is 0. The quantitative estimate of drug-likeness (QED) is 0.471. The Labute approximate surface area is 102 Å². The summed E-state index contributed by atoms with van der Waals surface area (Å²) in [5, 5.41) is 8.36. The van der Waals surface area contributed by atoms with Gasteiger partial charge in [-0.05, 0) is 19.1 Å². The highest BCUT2D eigenvalue weighted by Gasteiger charge is 2.26. The molecule has 0 unspecified atom stereocenters. The summed E-state index contributed by atoms with van der Waals surface area (Å²) in [5.41, 5.74) is -0.994. The number of carbonyl (C=O) groups is 2. The highest BCUT2D eigenvalue weighted by molar-refractivity contribution is 6.45. The zero-order valence-corrected chi connectivity index (χ0v) is 9.55. The molecule has 88 valence electrons. The number of ketones is 1. The summed E-state index contributed by atoms with van der Waals surface area (Å²) in [6, 6.07) is 3.85. The van der Waals surface area contributed by atoms with Gasteiger partial charge < -0.3 is 4.74 Å². The molecule has 0 bridgehead atoms. The van der Waals surface area contributed by atoms with E-state index in [0.29, 0.717) is 0 Å². The van der Waals surface area contributed by atoms with Gasteiger partial charge in [-0.25, -0.2) is 9.18 Å². The number of benzene rings is 1. The zero-order valence-electron chi connectivity index (χ0n) is 8.79. The van der Waals surface area contributed by atoms with Gasteiger partial charge in [0, 0.05) is 0 Å². The molecule has 0 fully saturated rings. The third kappa shape index (κ3) is 2.60. The van der Waals surface area contributed by atoms with Crippen molar-refractivity contribution in [1.82, 2.24) is 0 Å². The zero-order chi connectivity index (χ0) is 13.0. The first-order valence-electron chi connectivity index (χ1n) is 4.62. The molecule has 0 atom stereocenters. The second-order valence-corrected chi connectivity index (χ2v) is 3.35. The number of esters is 1. The second kappa shape index (κ2) is 5.41. The summed E-state index contributed by atoms with van der Waals surface area (Å²) in [6.45, 7) is 1.50. The van der Waals surface area contributed by atoms with Crippen LogP contribution in [0.4, 0.5) is 4.39 Å². The van der Waals surface area contributed by atoms with Gasteiger partial charge in [0.05, 0.1) is 22.8 Å². The van der Waals surface area contributed by atoms with E-state index in [9.17, 15) is 14.0 Å². The van der Waals surface area contributed by atoms with E-state index in [1.807, 2.05) is 0 Å². The van der Waals surface area contributed by atoms with Crippen LogP contribution >= 0.6 is 11.6 Å². The molecule has 1 rings (SSSR count). The predicted octanol–water partition coefficient (Wildman–Crippen LogP) is 2.10. The van der Waals surface area contributed by atoms with Gasteiger partial charge in [-0.1, -0.05) is 11.6 Å². The van der Waals surface area contributed by atoms with Crippen molar-refractivity contribution in [3.05, 3.63) is 34.1 Å². The van der Waals surface area contributed by atoms with Gasteiger partial charge >= 0.3 is 5.97 Å². The maximum absolute atomic E-state index is 13.6. The molecule has 0 aliphatic rings. The first kappa shape index (κ1) is 13.1. The third-order valence-corrected chi connectivity index (χ3v) is 2.21. The first-order chi connectivity index (χ1) is 8.02. The van der Waals surface area contributed by atoms with Gasteiger partial charge in [0.2, 0.25) is 0 Å². The molecular weight excluding hydrogens is 249 g/mol. The lowest BCUT2D eigenvalue weighted by molar-refractivity contribution is -0.137. The molecule has 4 nitrogen and oxygen atoms in total. The molecular formula is C11H7ClFNO3. The van der Waals surface area contributed by atoms with Crippen molar-refractivity contribution in [3.63, 3.8) is 0 Å². The fourth-order valence-electron chi connectivity index (χ4n) is 1.15. The Bertz CT molecular complexity index is 522. The van der Waals surface area contributed by atoms with E-state index < -0.39 is 23.1 Å². The summed E-state index contributed by atoms with van der Waals surface area (Å²) in [6.07, 6.45) is 0. The Morgan fingerprint density at radius 3 is 2.71 bits per heavy atom. The van der Waals surface area contributed by atoms with Gasteiger partial charge in [0.1, 0.15) is 6.07 Å². The van der Waals surface area contributed by atoms with Crippen LogP contribution in [0.25, 0.3) is 0 Å². The topological polar surface area (TPSA) is 67.2 Å². The van der Waals surface area contributed by atoms with Gasteiger partial charge in [0.15, 0.2) is 5.82 Å². The standard InChI is InChI=1S/C11H7ClFNO3/c1-2-17-11(16)10(15)8-7(12)4-3-6(5-14)9(8)13/h3-4H,2H2,1H3. The van der Waals surface area contributed by atoms with Crippen LogP contribution in [0.2, 0.25) is 5.02 Å². The van der Waals surface area contributed by atoms with Crippen molar-refractivity contribution in [2.45, 2.75) is 6.92 Å². The largest absolute Gasteiger partial charge is 0.460 e. The van der Waals surface area contributed by atoms with Crippen LogP contribution in [-0.4, -0.2) is 18.4 Å². The molecule has 1 aromatic rings. The molecule has 0 aliphatic carbocycles. The number of ether oxygens (including phenoxy) is 1. The van der Waals surface area contributed by atoms with Crippen LogP contribution in [0.1, 0.15) is 22.8 Å². The van der Waals surface area contributed by atoms with E-state index >= 15 is 0 Å². The van der Waals surface area contributed by atoms with Crippen LogP contribution in [0.5, 0.6) is 0 Å². The van der Waals surface area contributed by atoms with E-state index in [1.165, 1.54) is 13.0 Å². The number of hydrogen-bond donors (Lipinski definition) is 0. The van der Waals surface area contributed by atoms with Gasteiger partial charge in [-0.2, -0.15) is 5.26 Å².